The third-order valence-corrected chi connectivity index (χ3v) is 6.77. The normalized spacial score (nSPS) is 19.2. The van der Waals surface area contributed by atoms with Crippen molar-refractivity contribution in [3.05, 3.63) is 53.7 Å². The lowest BCUT2D eigenvalue weighted by atomic mass is 9.70. The van der Waals surface area contributed by atoms with E-state index < -0.39 is 5.41 Å². The molecule has 10 nitrogen and oxygen atoms in total. The number of fused-ring (bicyclic) bond motifs is 5. The van der Waals surface area contributed by atoms with Gasteiger partial charge in [0.15, 0.2) is 11.5 Å². The predicted octanol–water partition coefficient (Wildman–Crippen LogP) is 2.87. The number of aryl methyl sites for hydroxylation is 1. The van der Waals surface area contributed by atoms with Gasteiger partial charge in [0.2, 0.25) is 11.8 Å². The Morgan fingerprint density at radius 3 is 2.79 bits per heavy atom. The van der Waals surface area contributed by atoms with E-state index in [1.165, 1.54) is 12.7 Å². The monoisotopic (exact) mass is 456 g/mol. The van der Waals surface area contributed by atoms with E-state index in [0.29, 0.717) is 46.5 Å². The van der Waals surface area contributed by atoms with E-state index in [1.807, 2.05) is 36.1 Å². The highest BCUT2D eigenvalue weighted by Crippen LogP contribution is 2.53. The summed E-state index contributed by atoms with van der Waals surface area (Å²) in [6.07, 6.45) is 3.84. The molecule has 1 aromatic carbocycles. The number of amides is 2. The third kappa shape index (κ3) is 2.68. The van der Waals surface area contributed by atoms with Crippen LogP contribution >= 0.6 is 0 Å². The van der Waals surface area contributed by atoms with E-state index in [2.05, 4.69) is 39.1 Å². The molecule has 1 atom stereocenters. The maximum atomic E-state index is 14.2. The minimum atomic E-state index is -1.13. The first-order valence-corrected chi connectivity index (χ1v) is 11.4. The quantitative estimate of drug-likeness (QED) is 0.487. The number of carbonyl (C=O) groups excluding carboxylic acids is 2. The second-order valence-corrected chi connectivity index (χ2v) is 9.31. The van der Waals surface area contributed by atoms with Gasteiger partial charge in [-0.05, 0) is 30.9 Å². The Hall–Kier alpha value is -4.08. The van der Waals surface area contributed by atoms with Crippen molar-refractivity contribution in [2.24, 2.45) is 5.92 Å². The Labute approximate surface area is 195 Å². The molecular weight excluding hydrogens is 432 g/mol. The van der Waals surface area contributed by atoms with Crippen molar-refractivity contribution in [1.29, 1.82) is 0 Å². The van der Waals surface area contributed by atoms with E-state index in [9.17, 15) is 9.59 Å². The van der Waals surface area contributed by atoms with Gasteiger partial charge in [-0.15, -0.1) is 0 Å². The summed E-state index contributed by atoms with van der Waals surface area (Å²) in [5.41, 5.74) is 3.03. The summed E-state index contributed by atoms with van der Waals surface area (Å²) in [7, 11) is 0. The molecule has 3 aromatic heterocycles. The molecule has 2 aliphatic heterocycles. The summed E-state index contributed by atoms with van der Waals surface area (Å²) in [6, 6.07) is 7.78. The van der Waals surface area contributed by atoms with E-state index in [4.69, 9.17) is 5.10 Å². The molecule has 2 N–H and O–H groups in total. The van der Waals surface area contributed by atoms with E-state index in [0.717, 1.165) is 17.7 Å². The van der Waals surface area contributed by atoms with Crippen LogP contribution in [0.4, 0.5) is 11.5 Å². The number of nitrogens with one attached hydrogen (secondary N) is 2. The fraction of sp³-hybridized carbons (Fsp3) is 0.333. The van der Waals surface area contributed by atoms with E-state index in [1.54, 1.807) is 4.68 Å². The Morgan fingerprint density at radius 2 is 1.97 bits per heavy atom. The minimum absolute atomic E-state index is 0.0315. The van der Waals surface area contributed by atoms with E-state index in [-0.39, 0.29) is 18.2 Å². The van der Waals surface area contributed by atoms with Crippen molar-refractivity contribution in [3.8, 4) is 5.82 Å². The van der Waals surface area contributed by atoms with Gasteiger partial charge >= 0.3 is 0 Å². The second-order valence-electron chi connectivity index (χ2n) is 9.31. The molecule has 4 aromatic rings. The number of benzene rings is 1. The molecule has 2 aliphatic rings. The zero-order valence-electron chi connectivity index (χ0n) is 19.2. The lowest BCUT2D eigenvalue weighted by Gasteiger charge is -2.33. The zero-order chi connectivity index (χ0) is 23.6. The van der Waals surface area contributed by atoms with Gasteiger partial charge < -0.3 is 15.2 Å². The molecule has 1 spiro atoms. The smallest absolute Gasteiger partial charge is 0.242 e. The first-order chi connectivity index (χ1) is 16.4. The number of imidazole rings is 1. The van der Waals surface area contributed by atoms with Gasteiger partial charge in [-0.3, -0.25) is 9.59 Å². The van der Waals surface area contributed by atoms with Crippen molar-refractivity contribution in [1.82, 2.24) is 29.7 Å². The highest BCUT2D eigenvalue weighted by molar-refractivity contribution is 6.16. The number of anilines is 2. The van der Waals surface area contributed by atoms with Crippen molar-refractivity contribution in [2.75, 3.05) is 16.8 Å². The summed E-state index contributed by atoms with van der Waals surface area (Å²) in [5, 5.41) is 7.71. The fourth-order valence-corrected chi connectivity index (χ4v) is 5.27. The van der Waals surface area contributed by atoms with Crippen molar-refractivity contribution in [2.45, 2.75) is 39.0 Å². The van der Waals surface area contributed by atoms with Gasteiger partial charge in [-0.2, -0.15) is 9.78 Å². The summed E-state index contributed by atoms with van der Waals surface area (Å²) in [4.78, 5) is 45.0. The first kappa shape index (κ1) is 20.5. The number of hydrogen-bond donors (Lipinski definition) is 2. The molecule has 172 valence electrons. The fourth-order valence-electron chi connectivity index (χ4n) is 5.27. The Balaban J connectivity index is 1.59. The molecule has 0 saturated carbocycles. The molecule has 6 rings (SSSR count). The zero-order valence-corrected chi connectivity index (χ0v) is 19.2. The molecule has 10 heteroatoms. The second kappa shape index (κ2) is 7.21. The van der Waals surface area contributed by atoms with Crippen LogP contribution in [0.1, 0.15) is 43.5 Å². The number of aromatic nitrogens is 6. The largest absolute Gasteiger partial charge is 0.340 e. The number of hydrogen-bond acceptors (Lipinski definition) is 6. The minimum Gasteiger partial charge on any atom is -0.340 e. The van der Waals surface area contributed by atoms with Crippen LogP contribution in [0.15, 0.2) is 36.9 Å². The van der Waals surface area contributed by atoms with Gasteiger partial charge in [0.25, 0.3) is 0 Å². The molecule has 5 heterocycles. The summed E-state index contributed by atoms with van der Waals surface area (Å²) < 4.78 is 1.58. The molecular formula is C24H24N8O2. The molecule has 0 fully saturated rings. The molecule has 0 aliphatic carbocycles. The van der Waals surface area contributed by atoms with Crippen molar-refractivity contribution in [3.63, 3.8) is 0 Å². The van der Waals surface area contributed by atoms with Crippen LogP contribution in [-0.2, 0) is 15.0 Å². The predicted molar refractivity (Wildman–Crippen MR) is 126 cm³/mol. The Kier molecular flexibility index (Phi) is 4.35. The first-order valence-electron chi connectivity index (χ1n) is 11.4. The van der Waals surface area contributed by atoms with Crippen LogP contribution in [0.5, 0.6) is 0 Å². The molecule has 0 radical (unpaired) electrons. The summed E-state index contributed by atoms with van der Waals surface area (Å²) in [6.45, 7) is 6.74. The number of nitrogens with zero attached hydrogens (tertiary/aromatic N) is 6. The number of rotatable bonds is 4. The number of carbonyl (C=O) groups is 2. The van der Waals surface area contributed by atoms with Crippen LogP contribution in [-0.4, -0.2) is 48.1 Å². The average Bonchev–Trinajstić information content (AvgIpc) is 3.48. The van der Waals surface area contributed by atoms with Gasteiger partial charge in [0.05, 0.1) is 12.0 Å². The summed E-state index contributed by atoms with van der Waals surface area (Å²) in [5.74, 6) is 1.04. The van der Waals surface area contributed by atoms with E-state index >= 15 is 0 Å². The van der Waals surface area contributed by atoms with Crippen LogP contribution in [0.2, 0.25) is 0 Å². The van der Waals surface area contributed by atoms with Gasteiger partial charge in [0, 0.05) is 24.2 Å². The highest BCUT2D eigenvalue weighted by atomic mass is 16.2. The lowest BCUT2D eigenvalue weighted by molar-refractivity contribution is -0.126. The Bertz CT molecular complexity index is 1470. The topological polar surface area (TPSA) is 122 Å². The molecule has 0 unspecified atom stereocenters. The van der Waals surface area contributed by atoms with Gasteiger partial charge in [-0.25, -0.2) is 15.0 Å². The standard InChI is InChI=1S/C24H24N8O2/c1-13(2)8-9-31-16-7-5-4-6-15(16)24(23(31)34)10-17(33)29-21-18(24)14(3)30-32(21)22-19-20(26-11-25-19)27-12-28-22/h4-7,11-13H,8-10H2,1-3H3,(H,29,33)(H,25,26,27,28)/t24-/m1/s1. The average molecular weight is 457 g/mol. The van der Waals surface area contributed by atoms with Crippen LogP contribution < -0.4 is 10.2 Å². The molecule has 0 saturated heterocycles. The summed E-state index contributed by atoms with van der Waals surface area (Å²) >= 11 is 0. The molecule has 2 amide bonds. The SMILES string of the molecule is Cc1nn(-c2ncnc3nc[nH]c23)c2c1[C@]1(CC(=O)N2)C(=O)N(CCC(C)C)c2ccccc21. The molecule has 34 heavy (non-hydrogen) atoms. The number of aromatic amines is 1. The van der Waals surface area contributed by atoms with Gasteiger partial charge in [-0.1, -0.05) is 32.0 Å². The van der Waals surface area contributed by atoms with Crippen LogP contribution in [0.25, 0.3) is 17.0 Å². The molecule has 0 bridgehead atoms. The number of para-hydroxylation sites is 1. The maximum Gasteiger partial charge on any atom is 0.242 e. The maximum absolute atomic E-state index is 14.2. The van der Waals surface area contributed by atoms with Crippen LogP contribution in [0, 0.1) is 12.8 Å². The van der Waals surface area contributed by atoms with Crippen LogP contribution in [0.3, 0.4) is 0 Å². The Morgan fingerprint density at radius 1 is 1.15 bits per heavy atom. The number of H-pyrrole nitrogens is 1. The highest BCUT2D eigenvalue weighted by Gasteiger charge is 2.57. The van der Waals surface area contributed by atoms with Crippen molar-refractivity contribution >= 4 is 34.5 Å². The third-order valence-electron chi connectivity index (χ3n) is 6.77. The van der Waals surface area contributed by atoms with Crippen molar-refractivity contribution < 1.29 is 9.59 Å². The lowest BCUT2D eigenvalue weighted by Crippen LogP contribution is -2.47. The van der Waals surface area contributed by atoms with Gasteiger partial charge in [0.1, 0.15) is 23.1 Å².